The van der Waals surface area contributed by atoms with Crippen molar-refractivity contribution in [2.75, 3.05) is 13.1 Å². The third kappa shape index (κ3) is 2.56. The Balaban J connectivity index is 2.10. The largest absolute Gasteiger partial charge is 0.370 e. The zero-order valence-corrected chi connectivity index (χ0v) is 16.0. The van der Waals surface area contributed by atoms with Crippen molar-refractivity contribution in [3.05, 3.63) is 83.8 Å². The van der Waals surface area contributed by atoms with Crippen LogP contribution in [-0.2, 0) is 0 Å². The minimum atomic E-state index is -2.10. The second kappa shape index (κ2) is 7.02. The van der Waals surface area contributed by atoms with E-state index in [1.807, 2.05) is 0 Å². The smallest absolute Gasteiger partial charge is 0.102 e. The third-order valence-electron chi connectivity index (χ3n) is 5.43. The van der Waals surface area contributed by atoms with Crippen LogP contribution in [0.25, 0.3) is 0 Å². The molecule has 1 fully saturated rings. The van der Waals surface area contributed by atoms with Gasteiger partial charge in [0.05, 0.1) is 11.0 Å². The van der Waals surface area contributed by atoms with Gasteiger partial charge in [0.15, 0.2) is 0 Å². The Morgan fingerprint density at radius 2 is 1.38 bits per heavy atom. The van der Waals surface area contributed by atoms with Crippen molar-refractivity contribution in [2.24, 2.45) is 0 Å². The summed E-state index contributed by atoms with van der Waals surface area (Å²) in [5, 5.41) is 15.1. The number of likely N-dealkylation sites (tertiary alicyclic amines) is 1. The van der Waals surface area contributed by atoms with Crippen molar-refractivity contribution in [3.8, 4) is 6.07 Å². The van der Waals surface area contributed by atoms with Crippen LogP contribution < -0.4 is 10.6 Å². The standard InChI is InChI=1S/C23H23N2P/c1-19-14-15-22(25-16-8-9-17-25)23(18-24)26(19,20-10-4-2-5-11-20)21-12-6-3-7-13-21/h2-7,10-15H,8-9,16-17H2,1H3. The summed E-state index contributed by atoms with van der Waals surface area (Å²) in [6, 6.07) is 23.9. The van der Waals surface area contributed by atoms with Gasteiger partial charge in [-0.15, -0.1) is 0 Å². The average Bonchev–Trinajstić information content (AvgIpc) is 3.23. The molecule has 3 heteroatoms. The van der Waals surface area contributed by atoms with E-state index in [0.717, 1.165) is 24.1 Å². The van der Waals surface area contributed by atoms with E-state index in [0.29, 0.717) is 0 Å². The summed E-state index contributed by atoms with van der Waals surface area (Å²) in [5.41, 5.74) is 1.14. The van der Waals surface area contributed by atoms with Crippen LogP contribution in [0.15, 0.2) is 83.8 Å². The van der Waals surface area contributed by atoms with Crippen LogP contribution in [0, 0.1) is 11.3 Å². The van der Waals surface area contributed by atoms with Crippen molar-refractivity contribution < 1.29 is 0 Å². The number of nitriles is 1. The van der Waals surface area contributed by atoms with Gasteiger partial charge in [-0.25, -0.2) is 0 Å². The Morgan fingerprint density at radius 1 is 0.846 bits per heavy atom. The molecule has 2 aromatic rings. The zero-order valence-electron chi connectivity index (χ0n) is 15.1. The van der Waals surface area contributed by atoms with Crippen molar-refractivity contribution >= 4 is 22.8 Å². The molecule has 0 spiro atoms. The Hall–Kier alpha value is -2.49. The molecule has 1 saturated heterocycles. The van der Waals surface area contributed by atoms with Gasteiger partial charge in [0.1, 0.15) is 6.07 Å². The van der Waals surface area contributed by atoms with Gasteiger partial charge < -0.3 is 4.90 Å². The number of nitrogens with zero attached hydrogens (tertiary/aromatic N) is 2. The minimum absolute atomic E-state index is 0.955. The molecule has 0 aromatic heterocycles. The summed E-state index contributed by atoms with van der Waals surface area (Å²) in [4.78, 5) is 2.40. The highest BCUT2D eigenvalue weighted by molar-refractivity contribution is 7.93. The van der Waals surface area contributed by atoms with E-state index in [4.69, 9.17) is 0 Å². The molecule has 26 heavy (non-hydrogen) atoms. The van der Waals surface area contributed by atoms with Crippen molar-refractivity contribution in [2.45, 2.75) is 19.8 Å². The Kier molecular flexibility index (Phi) is 4.58. The number of benzene rings is 2. The van der Waals surface area contributed by atoms with Gasteiger partial charge in [-0.1, -0.05) is 66.7 Å². The predicted octanol–water partition coefficient (Wildman–Crippen LogP) is 4.25. The van der Waals surface area contributed by atoms with Gasteiger partial charge >= 0.3 is 0 Å². The molecule has 0 radical (unpaired) electrons. The summed E-state index contributed by atoms with van der Waals surface area (Å²) in [7, 11) is 0. The maximum Gasteiger partial charge on any atom is 0.102 e. The number of rotatable bonds is 3. The topological polar surface area (TPSA) is 27.0 Å². The Bertz CT molecular complexity index is 913. The molecule has 2 nitrogen and oxygen atoms in total. The molecule has 0 amide bonds. The molecule has 0 bridgehead atoms. The molecular formula is C23H23N2P. The quantitative estimate of drug-likeness (QED) is 0.767. The van der Waals surface area contributed by atoms with Gasteiger partial charge in [0.2, 0.25) is 0 Å². The lowest BCUT2D eigenvalue weighted by molar-refractivity contribution is 0.449. The second-order valence-corrected chi connectivity index (χ2v) is 10.4. The van der Waals surface area contributed by atoms with Crippen LogP contribution in [0.4, 0.5) is 0 Å². The van der Waals surface area contributed by atoms with E-state index >= 15 is 0 Å². The molecular weight excluding hydrogens is 335 g/mol. The van der Waals surface area contributed by atoms with E-state index in [-0.39, 0.29) is 0 Å². The molecule has 0 N–H and O–H groups in total. The molecule has 4 rings (SSSR count). The summed E-state index contributed by atoms with van der Waals surface area (Å²) in [6.45, 7) is 2.20. The molecule has 2 aromatic carbocycles. The van der Waals surface area contributed by atoms with Gasteiger partial charge in [-0.3, -0.25) is 0 Å². The van der Waals surface area contributed by atoms with E-state index in [9.17, 15) is 5.26 Å². The van der Waals surface area contributed by atoms with Gasteiger partial charge in [-0.2, -0.15) is 5.26 Å². The molecule has 2 aliphatic heterocycles. The van der Waals surface area contributed by atoms with Crippen LogP contribution in [0.2, 0.25) is 0 Å². The fourth-order valence-electron chi connectivity index (χ4n) is 4.20. The first-order chi connectivity index (χ1) is 12.8. The fourth-order valence-corrected chi connectivity index (χ4v) is 8.43. The average molecular weight is 358 g/mol. The van der Waals surface area contributed by atoms with Crippen LogP contribution in [0.3, 0.4) is 0 Å². The molecule has 0 aliphatic carbocycles. The second-order valence-electron chi connectivity index (χ2n) is 6.86. The highest BCUT2D eigenvalue weighted by Gasteiger charge is 2.35. The predicted molar refractivity (Wildman–Crippen MR) is 112 cm³/mol. The Labute approximate surface area is 156 Å². The van der Waals surface area contributed by atoms with Crippen LogP contribution in [-0.4, -0.2) is 23.3 Å². The lowest BCUT2D eigenvalue weighted by atomic mass is 10.2. The van der Waals surface area contributed by atoms with Crippen molar-refractivity contribution in [3.63, 3.8) is 0 Å². The highest BCUT2D eigenvalue weighted by Crippen LogP contribution is 2.57. The molecule has 0 unspecified atom stereocenters. The lowest BCUT2D eigenvalue weighted by Crippen LogP contribution is -2.31. The van der Waals surface area contributed by atoms with E-state index in [1.165, 1.54) is 28.8 Å². The van der Waals surface area contributed by atoms with E-state index < -0.39 is 6.89 Å². The van der Waals surface area contributed by atoms with E-state index in [1.54, 1.807) is 0 Å². The first-order valence-corrected chi connectivity index (χ1v) is 11.0. The normalized spacial score (nSPS) is 18.9. The minimum Gasteiger partial charge on any atom is -0.370 e. The Morgan fingerprint density at radius 3 is 1.88 bits per heavy atom. The lowest BCUT2D eigenvalue weighted by Gasteiger charge is -2.36. The fraction of sp³-hybridized carbons (Fsp3) is 0.217. The highest BCUT2D eigenvalue weighted by atomic mass is 31.2. The molecule has 0 atom stereocenters. The number of allylic oxidation sites excluding steroid dienone is 4. The van der Waals surface area contributed by atoms with Gasteiger partial charge in [0, 0.05) is 13.1 Å². The van der Waals surface area contributed by atoms with Crippen molar-refractivity contribution in [1.82, 2.24) is 4.90 Å². The molecule has 2 aliphatic rings. The van der Waals surface area contributed by atoms with E-state index in [2.05, 4.69) is 90.7 Å². The third-order valence-corrected chi connectivity index (χ3v) is 9.78. The monoisotopic (exact) mass is 358 g/mol. The zero-order chi connectivity index (χ0) is 18.0. The van der Waals surface area contributed by atoms with Crippen LogP contribution >= 0.6 is 6.89 Å². The summed E-state index contributed by atoms with van der Waals surface area (Å²) in [5.74, 6) is 0. The molecule has 130 valence electrons. The van der Waals surface area contributed by atoms with Crippen LogP contribution in [0.5, 0.6) is 0 Å². The maximum atomic E-state index is 10.3. The van der Waals surface area contributed by atoms with Gasteiger partial charge in [0.25, 0.3) is 0 Å². The van der Waals surface area contributed by atoms with Gasteiger partial charge in [-0.05, 0) is 48.7 Å². The van der Waals surface area contributed by atoms with Crippen LogP contribution in [0.1, 0.15) is 19.8 Å². The first-order valence-electron chi connectivity index (χ1n) is 9.21. The van der Waals surface area contributed by atoms with Crippen molar-refractivity contribution in [1.29, 1.82) is 5.26 Å². The molecule has 0 saturated carbocycles. The number of hydrogen-bond acceptors (Lipinski definition) is 2. The maximum absolute atomic E-state index is 10.3. The summed E-state index contributed by atoms with van der Waals surface area (Å²) >= 11 is 0. The SMILES string of the molecule is CC1=CC=C(N2CCCC2)C(C#N)=P1(c1ccccc1)c1ccccc1. The molecule has 2 heterocycles. The first kappa shape index (κ1) is 17.0. The number of hydrogen-bond donors (Lipinski definition) is 0. The summed E-state index contributed by atoms with van der Waals surface area (Å²) < 4.78 is 0. The summed E-state index contributed by atoms with van der Waals surface area (Å²) in [6.07, 6.45) is 6.84.